The molecule has 4 nitrogen and oxygen atoms in total. The zero-order valence-corrected chi connectivity index (χ0v) is 13.2. The van der Waals surface area contributed by atoms with Crippen molar-refractivity contribution in [2.24, 2.45) is 0 Å². The van der Waals surface area contributed by atoms with Gasteiger partial charge in [0.25, 0.3) is 0 Å². The quantitative estimate of drug-likeness (QED) is 0.803. The molecule has 0 bridgehead atoms. The van der Waals surface area contributed by atoms with E-state index in [1.165, 1.54) is 25.9 Å². The van der Waals surface area contributed by atoms with Crippen molar-refractivity contribution in [2.45, 2.75) is 19.3 Å². The number of fused-ring (bicyclic) bond motifs is 1. The number of rotatable bonds is 4. The maximum Gasteiger partial charge on any atom is 0.137 e. The number of pyridine rings is 1. The van der Waals surface area contributed by atoms with Crippen LogP contribution in [0.3, 0.4) is 0 Å². The zero-order chi connectivity index (χ0) is 15.6. The van der Waals surface area contributed by atoms with E-state index in [2.05, 4.69) is 33.8 Å². The summed E-state index contributed by atoms with van der Waals surface area (Å²) in [4.78, 5) is 7.24. The minimum absolute atomic E-state index is 0.293. The fourth-order valence-corrected chi connectivity index (χ4v) is 3.27. The molecule has 0 unspecified atom stereocenters. The lowest BCUT2D eigenvalue weighted by Gasteiger charge is -2.12. The molecule has 1 N–H and O–H groups in total. The molecule has 3 heterocycles. The summed E-state index contributed by atoms with van der Waals surface area (Å²) in [5.41, 5.74) is 4.36. The minimum atomic E-state index is 0.293. The van der Waals surface area contributed by atoms with Crippen LogP contribution in [0.25, 0.3) is 16.8 Å². The SMILES string of the molecule is Oc1ccc(-c2ccc3nc(CCN4CCCC4)cn3c2)cc1. The van der Waals surface area contributed by atoms with Crippen LogP contribution >= 0.6 is 0 Å². The zero-order valence-electron chi connectivity index (χ0n) is 13.2. The van der Waals surface area contributed by atoms with Gasteiger partial charge in [0.1, 0.15) is 11.4 Å². The number of phenolic OH excluding ortho intramolecular Hbond substituents is 1. The molecule has 3 aromatic rings. The smallest absolute Gasteiger partial charge is 0.137 e. The predicted molar refractivity (Wildman–Crippen MR) is 91.7 cm³/mol. The molecule has 1 aromatic carbocycles. The Bertz CT molecular complexity index is 801. The van der Waals surface area contributed by atoms with E-state index in [9.17, 15) is 5.11 Å². The molecule has 1 fully saturated rings. The third-order valence-corrected chi connectivity index (χ3v) is 4.58. The number of nitrogens with zero attached hydrogens (tertiary/aromatic N) is 3. The molecule has 0 amide bonds. The minimum Gasteiger partial charge on any atom is -0.508 e. The van der Waals surface area contributed by atoms with Crippen molar-refractivity contribution < 1.29 is 5.11 Å². The van der Waals surface area contributed by atoms with Crippen molar-refractivity contribution in [2.75, 3.05) is 19.6 Å². The van der Waals surface area contributed by atoms with Gasteiger partial charge < -0.3 is 14.4 Å². The van der Waals surface area contributed by atoms with Gasteiger partial charge in [-0.2, -0.15) is 0 Å². The van der Waals surface area contributed by atoms with Crippen molar-refractivity contribution in [3.8, 4) is 16.9 Å². The van der Waals surface area contributed by atoms with E-state index in [-0.39, 0.29) is 0 Å². The van der Waals surface area contributed by atoms with Gasteiger partial charge in [-0.15, -0.1) is 0 Å². The highest BCUT2D eigenvalue weighted by molar-refractivity contribution is 5.65. The van der Waals surface area contributed by atoms with E-state index in [1.54, 1.807) is 12.1 Å². The van der Waals surface area contributed by atoms with E-state index in [1.807, 2.05) is 12.1 Å². The molecule has 23 heavy (non-hydrogen) atoms. The highest BCUT2D eigenvalue weighted by atomic mass is 16.3. The Morgan fingerprint density at radius 2 is 1.65 bits per heavy atom. The van der Waals surface area contributed by atoms with Crippen molar-refractivity contribution in [1.29, 1.82) is 0 Å². The number of likely N-dealkylation sites (tertiary alicyclic amines) is 1. The van der Waals surface area contributed by atoms with Crippen LogP contribution in [0.15, 0.2) is 48.8 Å². The van der Waals surface area contributed by atoms with Gasteiger partial charge in [0.2, 0.25) is 0 Å². The first-order valence-corrected chi connectivity index (χ1v) is 8.27. The second-order valence-electron chi connectivity index (χ2n) is 6.26. The van der Waals surface area contributed by atoms with Crippen LogP contribution in [0.5, 0.6) is 5.75 Å². The fraction of sp³-hybridized carbons (Fsp3) is 0.316. The highest BCUT2D eigenvalue weighted by Gasteiger charge is 2.12. The molecule has 0 atom stereocenters. The van der Waals surface area contributed by atoms with Gasteiger partial charge in [-0.05, 0) is 61.3 Å². The van der Waals surface area contributed by atoms with Gasteiger partial charge in [-0.25, -0.2) is 4.98 Å². The third-order valence-electron chi connectivity index (χ3n) is 4.58. The van der Waals surface area contributed by atoms with Crippen molar-refractivity contribution in [3.63, 3.8) is 0 Å². The average molecular weight is 307 g/mol. The second-order valence-corrected chi connectivity index (χ2v) is 6.26. The molecule has 4 rings (SSSR count). The molecule has 0 saturated carbocycles. The van der Waals surface area contributed by atoms with Crippen LogP contribution in [-0.2, 0) is 6.42 Å². The maximum absolute atomic E-state index is 9.41. The van der Waals surface area contributed by atoms with E-state index < -0.39 is 0 Å². The first-order chi connectivity index (χ1) is 11.3. The summed E-state index contributed by atoms with van der Waals surface area (Å²) in [6.07, 6.45) is 7.92. The van der Waals surface area contributed by atoms with Gasteiger partial charge in [0.15, 0.2) is 0 Å². The molecule has 0 radical (unpaired) electrons. The Morgan fingerprint density at radius 1 is 0.913 bits per heavy atom. The number of hydrogen-bond acceptors (Lipinski definition) is 3. The Balaban J connectivity index is 1.55. The molecule has 1 aliphatic heterocycles. The number of benzene rings is 1. The molecular weight excluding hydrogens is 286 g/mol. The first-order valence-electron chi connectivity index (χ1n) is 8.27. The van der Waals surface area contributed by atoms with Gasteiger partial charge in [-0.3, -0.25) is 0 Å². The van der Waals surface area contributed by atoms with Crippen molar-refractivity contribution in [3.05, 3.63) is 54.5 Å². The number of imidazole rings is 1. The molecular formula is C19H21N3O. The summed E-state index contributed by atoms with van der Waals surface area (Å²) < 4.78 is 2.10. The molecule has 4 heteroatoms. The lowest BCUT2D eigenvalue weighted by atomic mass is 10.1. The first kappa shape index (κ1) is 14.3. The largest absolute Gasteiger partial charge is 0.508 e. The number of aromatic nitrogens is 2. The van der Waals surface area contributed by atoms with Gasteiger partial charge in [0, 0.05) is 25.4 Å². The Labute approximate surface area is 136 Å². The highest BCUT2D eigenvalue weighted by Crippen LogP contribution is 2.22. The second kappa shape index (κ2) is 6.05. The molecule has 118 valence electrons. The van der Waals surface area contributed by atoms with Crippen LogP contribution in [-0.4, -0.2) is 39.0 Å². The van der Waals surface area contributed by atoms with Crippen LogP contribution in [0, 0.1) is 0 Å². The number of phenols is 1. The standard InChI is InChI=1S/C19H21N3O/c23-18-6-3-15(4-7-18)16-5-8-19-20-17(14-22(19)13-16)9-12-21-10-1-2-11-21/h3-8,13-14,23H,1-2,9-12H2. The van der Waals surface area contributed by atoms with Crippen LogP contribution in [0.1, 0.15) is 18.5 Å². The summed E-state index contributed by atoms with van der Waals surface area (Å²) in [7, 11) is 0. The Morgan fingerprint density at radius 3 is 2.43 bits per heavy atom. The van der Waals surface area contributed by atoms with Crippen molar-refractivity contribution >= 4 is 5.65 Å². The molecule has 1 aliphatic rings. The van der Waals surface area contributed by atoms with Crippen LogP contribution in [0.2, 0.25) is 0 Å². The molecule has 1 saturated heterocycles. The lowest BCUT2D eigenvalue weighted by molar-refractivity contribution is 0.342. The van der Waals surface area contributed by atoms with E-state index in [0.717, 1.165) is 35.4 Å². The topological polar surface area (TPSA) is 40.8 Å². The monoisotopic (exact) mass is 307 g/mol. The third kappa shape index (κ3) is 3.08. The fourth-order valence-electron chi connectivity index (χ4n) is 3.27. The van der Waals surface area contributed by atoms with Gasteiger partial charge in [-0.1, -0.05) is 12.1 Å². The van der Waals surface area contributed by atoms with Crippen LogP contribution in [0.4, 0.5) is 0 Å². The predicted octanol–water partition coefficient (Wildman–Crippen LogP) is 3.35. The van der Waals surface area contributed by atoms with Crippen LogP contribution < -0.4 is 0 Å². The Kier molecular flexibility index (Phi) is 3.75. The summed E-state index contributed by atoms with van der Waals surface area (Å²) >= 11 is 0. The summed E-state index contributed by atoms with van der Waals surface area (Å²) in [5.74, 6) is 0.293. The summed E-state index contributed by atoms with van der Waals surface area (Å²) in [6.45, 7) is 3.57. The Hall–Kier alpha value is -2.33. The van der Waals surface area contributed by atoms with Gasteiger partial charge >= 0.3 is 0 Å². The normalized spacial score (nSPS) is 15.5. The summed E-state index contributed by atoms with van der Waals surface area (Å²) in [6, 6.07) is 11.4. The van der Waals surface area contributed by atoms with E-state index in [0.29, 0.717) is 5.75 Å². The number of hydrogen-bond donors (Lipinski definition) is 1. The average Bonchev–Trinajstić information content (AvgIpc) is 3.22. The molecule has 0 aliphatic carbocycles. The van der Waals surface area contributed by atoms with E-state index in [4.69, 9.17) is 4.98 Å². The van der Waals surface area contributed by atoms with E-state index >= 15 is 0 Å². The number of aromatic hydroxyl groups is 1. The lowest BCUT2D eigenvalue weighted by Crippen LogP contribution is -2.21. The van der Waals surface area contributed by atoms with Crippen molar-refractivity contribution in [1.82, 2.24) is 14.3 Å². The molecule has 0 spiro atoms. The van der Waals surface area contributed by atoms with Gasteiger partial charge in [0.05, 0.1) is 5.69 Å². The summed E-state index contributed by atoms with van der Waals surface area (Å²) in [5, 5.41) is 9.41. The maximum atomic E-state index is 9.41. The molecule has 2 aromatic heterocycles.